The standard InChI is InChI=1S/C11H20N2O4/c12-10(14)4-7-17-9-2-1-5-13(8-9)6-3-11(15)16/h9H,1-8H2,(H2,12,14)(H,15,16). The Morgan fingerprint density at radius 2 is 2.18 bits per heavy atom. The van der Waals surface area contributed by atoms with Gasteiger partial charge in [-0.3, -0.25) is 9.59 Å². The van der Waals surface area contributed by atoms with Gasteiger partial charge in [-0.15, -0.1) is 0 Å². The number of ether oxygens (including phenoxy) is 1. The first-order valence-electron chi connectivity index (χ1n) is 5.92. The molecule has 1 aliphatic rings. The van der Waals surface area contributed by atoms with Gasteiger partial charge in [0.1, 0.15) is 0 Å². The van der Waals surface area contributed by atoms with Crippen LogP contribution in [0, 0.1) is 0 Å². The third-order valence-corrected chi connectivity index (χ3v) is 2.81. The molecule has 6 heteroatoms. The van der Waals surface area contributed by atoms with E-state index in [9.17, 15) is 9.59 Å². The summed E-state index contributed by atoms with van der Waals surface area (Å²) in [4.78, 5) is 23.1. The monoisotopic (exact) mass is 244 g/mol. The number of carboxylic acid groups (broad SMARTS) is 1. The Balaban J connectivity index is 2.19. The quantitative estimate of drug-likeness (QED) is 0.648. The van der Waals surface area contributed by atoms with E-state index in [0.717, 1.165) is 25.9 Å². The molecule has 3 N–H and O–H groups in total. The average molecular weight is 244 g/mol. The van der Waals surface area contributed by atoms with Crippen LogP contribution in [-0.4, -0.2) is 54.2 Å². The lowest BCUT2D eigenvalue weighted by Gasteiger charge is -2.32. The minimum Gasteiger partial charge on any atom is -0.481 e. The molecule has 1 fully saturated rings. The van der Waals surface area contributed by atoms with Crippen LogP contribution in [0.1, 0.15) is 25.7 Å². The third-order valence-electron chi connectivity index (χ3n) is 2.81. The Labute approximate surface area is 101 Å². The summed E-state index contributed by atoms with van der Waals surface area (Å²) >= 11 is 0. The number of nitrogens with two attached hydrogens (primary N) is 1. The smallest absolute Gasteiger partial charge is 0.304 e. The highest BCUT2D eigenvalue weighted by atomic mass is 16.5. The minimum atomic E-state index is -0.776. The summed E-state index contributed by atoms with van der Waals surface area (Å²) in [5, 5.41) is 8.60. The highest BCUT2D eigenvalue weighted by Gasteiger charge is 2.20. The van der Waals surface area contributed by atoms with Crippen molar-refractivity contribution in [3.05, 3.63) is 0 Å². The zero-order valence-corrected chi connectivity index (χ0v) is 9.93. The first-order chi connectivity index (χ1) is 8.08. The normalized spacial score (nSPS) is 21.3. The van der Waals surface area contributed by atoms with E-state index in [1.807, 2.05) is 0 Å². The Hall–Kier alpha value is -1.14. The molecule has 0 aromatic carbocycles. The lowest BCUT2D eigenvalue weighted by atomic mass is 10.1. The van der Waals surface area contributed by atoms with Crippen LogP contribution < -0.4 is 5.73 Å². The van der Waals surface area contributed by atoms with E-state index in [0.29, 0.717) is 13.2 Å². The van der Waals surface area contributed by atoms with Crippen LogP contribution in [0.3, 0.4) is 0 Å². The maximum Gasteiger partial charge on any atom is 0.304 e. The van der Waals surface area contributed by atoms with E-state index in [1.165, 1.54) is 0 Å². The van der Waals surface area contributed by atoms with Crippen LogP contribution >= 0.6 is 0 Å². The van der Waals surface area contributed by atoms with E-state index in [2.05, 4.69) is 4.90 Å². The molecule has 1 saturated heterocycles. The van der Waals surface area contributed by atoms with Gasteiger partial charge in [0, 0.05) is 19.5 Å². The zero-order chi connectivity index (χ0) is 12.7. The number of primary amides is 1. The Bertz CT molecular complexity index is 270. The molecule has 1 rings (SSSR count). The molecule has 0 radical (unpaired) electrons. The van der Waals surface area contributed by atoms with Crippen LogP contribution in [0.2, 0.25) is 0 Å². The summed E-state index contributed by atoms with van der Waals surface area (Å²) in [7, 11) is 0. The minimum absolute atomic E-state index is 0.0943. The molecular formula is C11H20N2O4. The van der Waals surface area contributed by atoms with Gasteiger partial charge in [-0.05, 0) is 19.4 Å². The van der Waals surface area contributed by atoms with Crippen molar-refractivity contribution in [1.29, 1.82) is 0 Å². The van der Waals surface area contributed by atoms with Crippen molar-refractivity contribution in [1.82, 2.24) is 4.90 Å². The van der Waals surface area contributed by atoms with Gasteiger partial charge in [0.2, 0.25) is 5.91 Å². The summed E-state index contributed by atoms with van der Waals surface area (Å²) in [6.45, 7) is 2.58. The van der Waals surface area contributed by atoms with Gasteiger partial charge in [-0.2, -0.15) is 0 Å². The number of aliphatic carboxylic acids is 1. The largest absolute Gasteiger partial charge is 0.481 e. The van der Waals surface area contributed by atoms with Crippen LogP contribution in [0.5, 0.6) is 0 Å². The second kappa shape index (κ2) is 7.24. The van der Waals surface area contributed by atoms with Crippen molar-refractivity contribution in [2.75, 3.05) is 26.2 Å². The second-order valence-corrected chi connectivity index (χ2v) is 4.30. The fourth-order valence-corrected chi connectivity index (χ4v) is 1.93. The number of carboxylic acids is 1. The topological polar surface area (TPSA) is 92.9 Å². The van der Waals surface area contributed by atoms with Gasteiger partial charge >= 0.3 is 5.97 Å². The molecule has 0 saturated carbocycles. The molecule has 98 valence electrons. The number of hydrogen-bond acceptors (Lipinski definition) is 4. The first kappa shape index (κ1) is 13.9. The van der Waals surface area contributed by atoms with Crippen LogP contribution in [0.25, 0.3) is 0 Å². The molecule has 17 heavy (non-hydrogen) atoms. The number of piperidine rings is 1. The fourth-order valence-electron chi connectivity index (χ4n) is 1.93. The first-order valence-corrected chi connectivity index (χ1v) is 5.92. The number of rotatable bonds is 7. The van der Waals surface area contributed by atoms with Crippen LogP contribution in [0.15, 0.2) is 0 Å². The summed E-state index contributed by atoms with van der Waals surface area (Å²) in [6, 6.07) is 0. The zero-order valence-electron chi connectivity index (χ0n) is 9.93. The molecule has 6 nitrogen and oxygen atoms in total. The highest BCUT2D eigenvalue weighted by Crippen LogP contribution is 2.13. The van der Waals surface area contributed by atoms with Crippen molar-refractivity contribution in [3.8, 4) is 0 Å². The Morgan fingerprint density at radius 1 is 1.41 bits per heavy atom. The molecule has 1 atom stereocenters. The van der Waals surface area contributed by atoms with Crippen molar-refractivity contribution in [2.24, 2.45) is 5.73 Å². The predicted octanol–water partition coefficient (Wildman–Crippen LogP) is -0.182. The van der Waals surface area contributed by atoms with Gasteiger partial charge < -0.3 is 20.5 Å². The number of hydrogen-bond donors (Lipinski definition) is 2. The summed E-state index contributed by atoms with van der Waals surface area (Å²) < 4.78 is 5.54. The number of carbonyl (C=O) groups is 2. The lowest BCUT2D eigenvalue weighted by molar-refractivity contribution is -0.137. The van der Waals surface area contributed by atoms with Crippen molar-refractivity contribution >= 4 is 11.9 Å². The molecule has 1 aliphatic heterocycles. The van der Waals surface area contributed by atoms with Crippen LogP contribution in [0.4, 0.5) is 0 Å². The van der Waals surface area contributed by atoms with E-state index in [-0.39, 0.29) is 24.9 Å². The van der Waals surface area contributed by atoms with Gasteiger partial charge in [-0.25, -0.2) is 0 Å². The molecule has 0 bridgehead atoms. The van der Waals surface area contributed by atoms with E-state index >= 15 is 0 Å². The number of amides is 1. The third kappa shape index (κ3) is 6.23. The number of likely N-dealkylation sites (tertiary alicyclic amines) is 1. The van der Waals surface area contributed by atoms with E-state index in [4.69, 9.17) is 15.6 Å². The predicted molar refractivity (Wildman–Crippen MR) is 61.5 cm³/mol. The molecule has 0 aromatic heterocycles. The van der Waals surface area contributed by atoms with Gasteiger partial charge in [0.05, 0.1) is 19.1 Å². The van der Waals surface area contributed by atoms with Crippen molar-refractivity contribution in [2.45, 2.75) is 31.8 Å². The molecule has 1 heterocycles. The SMILES string of the molecule is NC(=O)CCOC1CCCN(CCC(=O)O)C1. The molecule has 0 spiro atoms. The summed E-state index contributed by atoms with van der Waals surface area (Å²) in [5.74, 6) is -1.13. The molecular weight excluding hydrogens is 224 g/mol. The maximum atomic E-state index is 10.5. The Morgan fingerprint density at radius 3 is 2.82 bits per heavy atom. The van der Waals surface area contributed by atoms with Gasteiger partial charge in [-0.1, -0.05) is 0 Å². The van der Waals surface area contributed by atoms with E-state index < -0.39 is 5.97 Å². The van der Waals surface area contributed by atoms with Gasteiger partial charge in [0.25, 0.3) is 0 Å². The molecule has 1 amide bonds. The maximum absolute atomic E-state index is 10.5. The lowest BCUT2D eigenvalue weighted by Crippen LogP contribution is -2.40. The van der Waals surface area contributed by atoms with Crippen molar-refractivity contribution in [3.63, 3.8) is 0 Å². The second-order valence-electron chi connectivity index (χ2n) is 4.30. The summed E-state index contributed by atoms with van der Waals surface area (Å²) in [6.07, 6.45) is 2.46. The summed E-state index contributed by atoms with van der Waals surface area (Å²) in [5.41, 5.74) is 5.02. The van der Waals surface area contributed by atoms with E-state index in [1.54, 1.807) is 0 Å². The molecule has 0 aromatic rings. The molecule has 0 aliphatic carbocycles. The average Bonchev–Trinajstić information content (AvgIpc) is 2.26. The van der Waals surface area contributed by atoms with Gasteiger partial charge in [0.15, 0.2) is 0 Å². The Kier molecular flexibility index (Phi) is 5.93. The molecule has 1 unspecified atom stereocenters. The highest BCUT2D eigenvalue weighted by molar-refractivity contribution is 5.73. The number of nitrogens with zero attached hydrogens (tertiary/aromatic N) is 1. The van der Waals surface area contributed by atoms with Crippen LogP contribution in [-0.2, 0) is 14.3 Å². The van der Waals surface area contributed by atoms with Crippen molar-refractivity contribution < 1.29 is 19.4 Å². The fraction of sp³-hybridized carbons (Fsp3) is 0.818. The number of carbonyl (C=O) groups excluding carboxylic acids is 1.